The molecule has 0 bridgehead atoms. The molecule has 2 atom stereocenters. The zero-order chi connectivity index (χ0) is 11.5. The number of hydrogen-bond acceptors (Lipinski definition) is 3. The standard InChI is InChI=1S/C10H20O3P2/c1-9(3-7-14)12-5-2-6-13-10(11)4-8-15/h1-8,14-15H2. The molecular formula is C10H20O3P2. The van der Waals surface area contributed by atoms with Crippen LogP contribution in [0.2, 0.25) is 0 Å². The normalized spacial score (nSPS) is 9.73. The van der Waals surface area contributed by atoms with Crippen molar-refractivity contribution in [2.24, 2.45) is 0 Å². The molecule has 0 rings (SSSR count). The van der Waals surface area contributed by atoms with Gasteiger partial charge in [-0.25, -0.2) is 0 Å². The minimum Gasteiger partial charge on any atom is -0.498 e. The van der Waals surface area contributed by atoms with Gasteiger partial charge in [0.2, 0.25) is 0 Å². The van der Waals surface area contributed by atoms with Crippen LogP contribution in [0.25, 0.3) is 0 Å². The van der Waals surface area contributed by atoms with Gasteiger partial charge >= 0.3 is 5.97 Å². The first-order valence-electron chi connectivity index (χ1n) is 5.07. The predicted molar refractivity (Wildman–Crippen MR) is 69.1 cm³/mol. The van der Waals surface area contributed by atoms with E-state index in [0.29, 0.717) is 19.6 Å². The first kappa shape index (κ1) is 14.9. The number of carbonyl (C=O) groups excluding carboxylic acids is 1. The van der Waals surface area contributed by atoms with Crippen molar-refractivity contribution in [3.63, 3.8) is 0 Å². The third-order valence-corrected chi connectivity index (χ3v) is 2.21. The lowest BCUT2D eigenvalue weighted by Crippen LogP contribution is -2.08. The van der Waals surface area contributed by atoms with Crippen molar-refractivity contribution in [1.82, 2.24) is 0 Å². The van der Waals surface area contributed by atoms with Crippen LogP contribution in [0.1, 0.15) is 19.3 Å². The second-order valence-electron chi connectivity index (χ2n) is 3.04. The first-order valence-corrected chi connectivity index (χ1v) is 6.70. The SMILES string of the molecule is C=C(CCP)OCCCOC(=O)CCP. The molecular weight excluding hydrogens is 230 g/mol. The van der Waals surface area contributed by atoms with Gasteiger partial charge in [0.1, 0.15) is 0 Å². The number of ether oxygens (including phenoxy) is 2. The molecule has 15 heavy (non-hydrogen) atoms. The van der Waals surface area contributed by atoms with Crippen molar-refractivity contribution < 1.29 is 14.3 Å². The maximum absolute atomic E-state index is 10.9. The fourth-order valence-corrected chi connectivity index (χ4v) is 1.44. The molecule has 0 saturated carbocycles. The molecule has 0 amide bonds. The second-order valence-corrected chi connectivity index (χ2v) is 4.19. The van der Waals surface area contributed by atoms with Crippen molar-refractivity contribution in [3.05, 3.63) is 12.3 Å². The molecule has 0 saturated heterocycles. The Morgan fingerprint density at radius 1 is 1.07 bits per heavy atom. The zero-order valence-electron chi connectivity index (χ0n) is 9.04. The molecule has 0 aliphatic heterocycles. The predicted octanol–water partition coefficient (Wildman–Crippen LogP) is 1.98. The van der Waals surface area contributed by atoms with E-state index >= 15 is 0 Å². The van der Waals surface area contributed by atoms with E-state index in [-0.39, 0.29) is 5.97 Å². The summed E-state index contributed by atoms with van der Waals surface area (Å²) >= 11 is 0. The van der Waals surface area contributed by atoms with Crippen LogP contribution in [0.5, 0.6) is 0 Å². The van der Waals surface area contributed by atoms with Crippen molar-refractivity contribution in [2.45, 2.75) is 19.3 Å². The van der Waals surface area contributed by atoms with E-state index in [1.165, 1.54) is 0 Å². The molecule has 88 valence electrons. The van der Waals surface area contributed by atoms with Crippen LogP contribution in [-0.4, -0.2) is 31.5 Å². The molecule has 0 spiro atoms. The van der Waals surface area contributed by atoms with Gasteiger partial charge in [-0.1, -0.05) is 6.58 Å². The quantitative estimate of drug-likeness (QED) is 0.272. The van der Waals surface area contributed by atoms with Crippen molar-refractivity contribution in [2.75, 3.05) is 25.5 Å². The van der Waals surface area contributed by atoms with Gasteiger partial charge in [0.05, 0.1) is 19.0 Å². The summed E-state index contributed by atoms with van der Waals surface area (Å²) in [5.41, 5.74) is 0. The second kappa shape index (κ2) is 10.4. The third-order valence-electron chi connectivity index (χ3n) is 1.63. The summed E-state index contributed by atoms with van der Waals surface area (Å²) in [5.74, 6) is 0.648. The molecule has 0 fully saturated rings. The van der Waals surface area contributed by atoms with Gasteiger partial charge in [0.25, 0.3) is 0 Å². The highest BCUT2D eigenvalue weighted by molar-refractivity contribution is 7.16. The van der Waals surface area contributed by atoms with Crippen molar-refractivity contribution in [3.8, 4) is 0 Å². The Bertz CT molecular complexity index is 175. The Hall–Kier alpha value is -0.130. The minimum atomic E-state index is -0.145. The highest BCUT2D eigenvalue weighted by Gasteiger charge is 2.00. The smallest absolute Gasteiger partial charge is 0.306 e. The van der Waals surface area contributed by atoms with E-state index in [4.69, 9.17) is 9.47 Å². The Morgan fingerprint density at radius 3 is 2.27 bits per heavy atom. The summed E-state index contributed by atoms with van der Waals surface area (Å²) < 4.78 is 10.3. The molecule has 0 N–H and O–H groups in total. The Balaban J connectivity index is 3.24. The molecule has 0 aromatic heterocycles. The number of allylic oxidation sites excluding steroid dienone is 1. The van der Waals surface area contributed by atoms with Gasteiger partial charge < -0.3 is 9.47 Å². The number of esters is 1. The van der Waals surface area contributed by atoms with Gasteiger partial charge in [0, 0.05) is 19.3 Å². The van der Waals surface area contributed by atoms with E-state index in [2.05, 4.69) is 25.1 Å². The summed E-state index contributed by atoms with van der Waals surface area (Å²) in [6.45, 7) is 4.76. The molecule has 0 heterocycles. The average molecular weight is 250 g/mol. The first-order chi connectivity index (χ1) is 7.20. The molecule has 0 aromatic rings. The molecule has 0 aromatic carbocycles. The monoisotopic (exact) mass is 250 g/mol. The van der Waals surface area contributed by atoms with Crippen LogP contribution in [-0.2, 0) is 14.3 Å². The Kier molecular flexibility index (Phi) is 10.3. The highest BCUT2D eigenvalue weighted by atomic mass is 31.0. The summed E-state index contributed by atoms with van der Waals surface area (Å²) in [6, 6.07) is 0. The van der Waals surface area contributed by atoms with Gasteiger partial charge in [-0.15, -0.1) is 18.5 Å². The van der Waals surface area contributed by atoms with E-state index in [1.807, 2.05) is 0 Å². The lowest BCUT2D eigenvalue weighted by Gasteiger charge is -2.08. The summed E-state index contributed by atoms with van der Waals surface area (Å²) in [6.07, 6.45) is 3.75. The molecule has 5 heteroatoms. The van der Waals surface area contributed by atoms with E-state index in [9.17, 15) is 4.79 Å². The maximum Gasteiger partial charge on any atom is 0.306 e. The fraction of sp³-hybridized carbons (Fsp3) is 0.700. The van der Waals surface area contributed by atoms with Crippen molar-refractivity contribution >= 4 is 24.4 Å². The lowest BCUT2D eigenvalue weighted by atomic mass is 10.4. The number of hydrogen-bond donors (Lipinski definition) is 0. The largest absolute Gasteiger partial charge is 0.498 e. The van der Waals surface area contributed by atoms with E-state index < -0.39 is 0 Å². The molecule has 2 unspecified atom stereocenters. The Labute approximate surface area is 96.4 Å². The highest BCUT2D eigenvalue weighted by Crippen LogP contribution is 2.03. The Morgan fingerprint density at radius 2 is 1.67 bits per heavy atom. The summed E-state index contributed by atoms with van der Waals surface area (Å²) in [4.78, 5) is 10.9. The third kappa shape index (κ3) is 10.2. The fourth-order valence-electron chi connectivity index (χ4n) is 0.885. The molecule has 0 aliphatic rings. The lowest BCUT2D eigenvalue weighted by molar-refractivity contribution is -0.143. The maximum atomic E-state index is 10.9. The zero-order valence-corrected chi connectivity index (χ0v) is 11.3. The van der Waals surface area contributed by atoms with Gasteiger partial charge in [-0.2, -0.15) is 0 Å². The van der Waals surface area contributed by atoms with Crippen LogP contribution >= 0.6 is 18.5 Å². The van der Waals surface area contributed by atoms with E-state index in [0.717, 1.165) is 30.9 Å². The minimum absolute atomic E-state index is 0.145. The van der Waals surface area contributed by atoms with Gasteiger partial charge in [0.15, 0.2) is 0 Å². The number of carbonyl (C=O) groups is 1. The summed E-state index contributed by atoms with van der Waals surface area (Å²) in [5, 5.41) is 0. The molecule has 3 nitrogen and oxygen atoms in total. The average Bonchev–Trinajstić information content (AvgIpc) is 2.18. The van der Waals surface area contributed by atoms with Gasteiger partial charge in [-0.05, 0) is 12.3 Å². The van der Waals surface area contributed by atoms with Gasteiger partial charge in [-0.3, -0.25) is 4.79 Å². The van der Waals surface area contributed by atoms with Crippen LogP contribution in [0, 0.1) is 0 Å². The molecule has 0 aliphatic carbocycles. The van der Waals surface area contributed by atoms with Crippen LogP contribution in [0.15, 0.2) is 12.3 Å². The van der Waals surface area contributed by atoms with Crippen LogP contribution in [0.4, 0.5) is 0 Å². The molecule has 0 radical (unpaired) electrons. The van der Waals surface area contributed by atoms with Crippen molar-refractivity contribution in [1.29, 1.82) is 0 Å². The summed E-state index contributed by atoms with van der Waals surface area (Å²) in [7, 11) is 5.12. The van der Waals surface area contributed by atoms with E-state index in [1.54, 1.807) is 0 Å². The van der Waals surface area contributed by atoms with Crippen LogP contribution < -0.4 is 0 Å². The number of rotatable bonds is 9. The van der Waals surface area contributed by atoms with Crippen LogP contribution in [0.3, 0.4) is 0 Å². The topological polar surface area (TPSA) is 35.5 Å².